The molecule has 1 heterocycles. The van der Waals surface area contributed by atoms with E-state index in [-0.39, 0.29) is 11.5 Å². The summed E-state index contributed by atoms with van der Waals surface area (Å²) in [5, 5.41) is 30.4. The number of alkyl halides is 2. The maximum Gasteiger partial charge on any atom is 0.394 e. The van der Waals surface area contributed by atoms with Crippen LogP contribution in [0.2, 0.25) is 0 Å². The fourth-order valence-corrected chi connectivity index (χ4v) is 2.39. The van der Waals surface area contributed by atoms with Gasteiger partial charge in [-0.2, -0.15) is 8.78 Å². The quantitative estimate of drug-likeness (QED) is 0.536. The Labute approximate surface area is 150 Å². The average molecular weight is 365 g/mol. The standard InChI is InChI=1S/C18H21F2N3O3/c1-3-14(21)16-13(15(25)10-24)8-9-22-17(16)23-11-4-6-12(7-5-11)26-18(2,19)20/h4-9,15,21,24-25H,3,10H2,1-2H3,(H,22,23). The monoisotopic (exact) mass is 365 g/mol. The molecule has 1 aromatic heterocycles. The highest BCUT2D eigenvalue weighted by molar-refractivity contribution is 6.04. The van der Waals surface area contributed by atoms with E-state index in [4.69, 9.17) is 5.41 Å². The molecule has 1 aromatic carbocycles. The number of hydrogen-bond donors (Lipinski definition) is 4. The molecule has 2 rings (SSSR count). The summed E-state index contributed by atoms with van der Waals surface area (Å²) in [6.45, 7) is 1.97. The normalized spacial score (nSPS) is 12.5. The lowest BCUT2D eigenvalue weighted by atomic mass is 9.98. The molecule has 0 bridgehead atoms. The maximum absolute atomic E-state index is 12.9. The predicted molar refractivity (Wildman–Crippen MR) is 94.4 cm³/mol. The van der Waals surface area contributed by atoms with E-state index in [0.29, 0.717) is 36.0 Å². The Morgan fingerprint density at radius 2 is 1.96 bits per heavy atom. The number of rotatable bonds is 8. The highest BCUT2D eigenvalue weighted by Crippen LogP contribution is 2.28. The van der Waals surface area contributed by atoms with Gasteiger partial charge in [-0.3, -0.25) is 0 Å². The van der Waals surface area contributed by atoms with Gasteiger partial charge in [0.1, 0.15) is 17.7 Å². The Bertz CT molecular complexity index is 761. The summed E-state index contributed by atoms with van der Waals surface area (Å²) < 4.78 is 30.2. The second kappa shape index (κ2) is 8.20. The Hall–Kier alpha value is -2.58. The van der Waals surface area contributed by atoms with Crippen molar-refractivity contribution in [1.29, 1.82) is 5.41 Å². The van der Waals surface area contributed by atoms with E-state index in [1.165, 1.54) is 30.5 Å². The van der Waals surface area contributed by atoms with E-state index >= 15 is 0 Å². The van der Waals surface area contributed by atoms with Crippen molar-refractivity contribution >= 4 is 17.2 Å². The van der Waals surface area contributed by atoms with Gasteiger partial charge in [-0.15, -0.1) is 0 Å². The second-order valence-corrected chi connectivity index (χ2v) is 5.71. The van der Waals surface area contributed by atoms with Crippen molar-refractivity contribution in [3.05, 3.63) is 47.7 Å². The van der Waals surface area contributed by atoms with Gasteiger partial charge in [-0.25, -0.2) is 4.98 Å². The number of ether oxygens (including phenoxy) is 1. The van der Waals surface area contributed by atoms with Crippen LogP contribution in [0.5, 0.6) is 5.75 Å². The van der Waals surface area contributed by atoms with Gasteiger partial charge >= 0.3 is 6.11 Å². The summed E-state index contributed by atoms with van der Waals surface area (Å²) in [7, 11) is 0. The molecule has 1 atom stereocenters. The molecule has 140 valence electrons. The van der Waals surface area contributed by atoms with Crippen LogP contribution in [0.25, 0.3) is 0 Å². The van der Waals surface area contributed by atoms with Crippen molar-refractivity contribution in [2.75, 3.05) is 11.9 Å². The number of aliphatic hydroxyl groups excluding tert-OH is 2. The molecule has 6 nitrogen and oxygen atoms in total. The summed E-state index contributed by atoms with van der Waals surface area (Å²) in [6.07, 6.45) is -2.54. The molecule has 0 aliphatic rings. The molecule has 1 unspecified atom stereocenters. The third kappa shape index (κ3) is 4.96. The highest BCUT2D eigenvalue weighted by atomic mass is 19.3. The van der Waals surface area contributed by atoms with Gasteiger partial charge in [0.25, 0.3) is 0 Å². The molecule has 0 saturated heterocycles. The third-order valence-corrected chi connectivity index (χ3v) is 3.58. The number of aliphatic hydroxyl groups is 2. The number of nitrogens with one attached hydrogen (secondary N) is 2. The number of halogens is 2. The Morgan fingerprint density at radius 1 is 1.31 bits per heavy atom. The van der Waals surface area contributed by atoms with Crippen LogP contribution in [-0.4, -0.2) is 33.6 Å². The van der Waals surface area contributed by atoms with E-state index in [9.17, 15) is 19.0 Å². The lowest BCUT2D eigenvalue weighted by Gasteiger charge is -2.18. The van der Waals surface area contributed by atoms with Crippen molar-refractivity contribution in [2.45, 2.75) is 32.5 Å². The molecule has 0 spiro atoms. The van der Waals surface area contributed by atoms with Gasteiger partial charge in [0.15, 0.2) is 0 Å². The van der Waals surface area contributed by atoms with Gasteiger partial charge in [-0.05, 0) is 42.3 Å². The minimum absolute atomic E-state index is 0.0157. The van der Waals surface area contributed by atoms with E-state index in [1.807, 2.05) is 0 Å². The van der Waals surface area contributed by atoms with Gasteiger partial charge < -0.3 is 25.7 Å². The van der Waals surface area contributed by atoms with Gasteiger partial charge in [0.2, 0.25) is 0 Å². The number of nitrogens with zero attached hydrogens (tertiary/aromatic N) is 1. The zero-order chi connectivity index (χ0) is 19.3. The van der Waals surface area contributed by atoms with Crippen LogP contribution in [-0.2, 0) is 0 Å². The molecule has 0 aliphatic heterocycles. The van der Waals surface area contributed by atoms with Crippen LogP contribution in [0, 0.1) is 5.41 Å². The molecule has 0 fully saturated rings. The maximum atomic E-state index is 12.9. The van der Waals surface area contributed by atoms with Crippen molar-refractivity contribution in [1.82, 2.24) is 4.98 Å². The molecular formula is C18H21F2N3O3. The molecular weight excluding hydrogens is 344 g/mol. The predicted octanol–water partition coefficient (Wildman–Crippen LogP) is 3.62. The third-order valence-electron chi connectivity index (χ3n) is 3.58. The van der Waals surface area contributed by atoms with Crippen LogP contribution >= 0.6 is 0 Å². The first-order valence-corrected chi connectivity index (χ1v) is 8.04. The summed E-state index contributed by atoms with van der Waals surface area (Å²) in [4.78, 5) is 4.21. The van der Waals surface area contributed by atoms with E-state index in [2.05, 4.69) is 15.0 Å². The number of pyridine rings is 1. The fourth-order valence-electron chi connectivity index (χ4n) is 2.39. The minimum Gasteiger partial charge on any atom is -0.433 e. The smallest absolute Gasteiger partial charge is 0.394 e. The lowest BCUT2D eigenvalue weighted by molar-refractivity contribution is -0.158. The molecule has 0 radical (unpaired) electrons. The van der Waals surface area contributed by atoms with Crippen LogP contribution in [0.1, 0.15) is 37.5 Å². The van der Waals surface area contributed by atoms with Crippen LogP contribution in [0.4, 0.5) is 20.3 Å². The number of hydrogen-bond acceptors (Lipinski definition) is 6. The zero-order valence-electron chi connectivity index (χ0n) is 14.5. The average Bonchev–Trinajstić information content (AvgIpc) is 2.60. The van der Waals surface area contributed by atoms with Crippen LogP contribution in [0.3, 0.4) is 0 Å². The van der Waals surface area contributed by atoms with Crippen LogP contribution < -0.4 is 10.1 Å². The largest absolute Gasteiger partial charge is 0.433 e. The van der Waals surface area contributed by atoms with E-state index in [1.54, 1.807) is 13.0 Å². The molecule has 2 aromatic rings. The first kappa shape index (κ1) is 19.7. The SMILES string of the molecule is CCC(=N)c1c(C(O)CO)ccnc1Nc1ccc(OC(C)(F)F)cc1. The van der Waals surface area contributed by atoms with Crippen LogP contribution in [0.15, 0.2) is 36.5 Å². The first-order chi connectivity index (χ1) is 12.2. The van der Waals surface area contributed by atoms with Crippen molar-refractivity contribution < 1.29 is 23.7 Å². The molecule has 0 amide bonds. The Balaban J connectivity index is 2.32. The van der Waals surface area contributed by atoms with Gasteiger partial charge in [-0.1, -0.05) is 6.92 Å². The summed E-state index contributed by atoms with van der Waals surface area (Å²) in [6, 6.07) is 7.40. The van der Waals surface area contributed by atoms with Crippen molar-refractivity contribution in [3.8, 4) is 5.75 Å². The Morgan fingerprint density at radius 3 is 2.50 bits per heavy atom. The number of aromatic nitrogens is 1. The highest BCUT2D eigenvalue weighted by Gasteiger charge is 2.23. The Kier molecular flexibility index (Phi) is 6.23. The number of benzene rings is 1. The zero-order valence-corrected chi connectivity index (χ0v) is 14.5. The van der Waals surface area contributed by atoms with Gasteiger partial charge in [0.05, 0.1) is 6.61 Å². The topological polar surface area (TPSA) is 98.5 Å². The molecule has 26 heavy (non-hydrogen) atoms. The summed E-state index contributed by atoms with van der Waals surface area (Å²) >= 11 is 0. The number of anilines is 2. The van der Waals surface area contributed by atoms with E-state index in [0.717, 1.165) is 0 Å². The van der Waals surface area contributed by atoms with Crippen molar-refractivity contribution in [2.24, 2.45) is 0 Å². The molecule has 8 heteroatoms. The van der Waals surface area contributed by atoms with Crippen molar-refractivity contribution in [3.63, 3.8) is 0 Å². The fraction of sp³-hybridized carbons (Fsp3) is 0.333. The molecule has 0 aliphatic carbocycles. The lowest BCUT2D eigenvalue weighted by Crippen LogP contribution is -2.19. The van der Waals surface area contributed by atoms with E-state index < -0.39 is 18.8 Å². The summed E-state index contributed by atoms with van der Waals surface area (Å²) in [5.41, 5.74) is 1.58. The summed E-state index contributed by atoms with van der Waals surface area (Å²) in [5.74, 6) is 0.346. The molecule has 4 N–H and O–H groups in total. The van der Waals surface area contributed by atoms with Gasteiger partial charge in [0, 0.05) is 30.1 Å². The second-order valence-electron chi connectivity index (χ2n) is 5.71. The minimum atomic E-state index is -3.27. The molecule has 0 saturated carbocycles. The first-order valence-electron chi connectivity index (χ1n) is 8.04.